The Hall–Kier alpha value is -2.69. The minimum atomic E-state index is -3.82. The summed E-state index contributed by atoms with van der Waals surface area (Å²) in [6.45, 7) is 6.23. The first kappa shape index (κ1) is 24.4. The molecule has 2 saturated heterocycles. The molecule has 2 aliphatic rings. The zero-order chi connectivity index (χ0) is 24.0. The molecule has 2 fully saturated rings. The number of ether oxygens (including phenoxy) is 1. The van der Waals surface area contributed by atoms with Gasteiger partial charge in [0.15, 0.2) is 0 Å². The first-order valence-electron chi connectivity index (χ1n) is 11.9. The van der Waals surface area contributed by atoms with E-state index >= 15 is 0 Å². The summed E-state index contributed by atoms with van der Waals surface area (Å²) in [4.78, 5) is 19.8. The quantitative estimate of drug-likeness (QED) is 0.497. The Morgan fingerprint density at radius 1 is 1.24 bits per heavy atom. The van der Waals surface area contributed by atoms with Gasteiger partial charge in [-0.1, -0.05) is 25.5 Å². The molecule has 1 amide bonds. The van der Waals surface area contributed by atoms with E-state index in [0.29, 0.717) is 37.6 Å². The predicted octanol–water partition coefficient (Wildman–Crippen LogP) is 2.15. The number of aromatic nitrogens is 1. The van der Waals surface area contributed by atoms with E-state index in [1.807, 2.05) is 17.0 Å². The number of sulfonamides is 1. The van der Waals surface area contributed by atoms with Crippen LogP contribution in [0, 0.1) is 0 Å². The van der Waals surface area contributed by atoms with Crippen LogP contribution in [0.25, 0.3) is 0 Å². The van der Waals surface area contributed by atoms with E-state index in [1.165, 1.54) is 6.20 Å². The SMILES string of the molecule is CCCc1ccc(S(=O)(=O)Nc2cnc(N3CCNCC3)c(C(=O)NC[C@H]3CCCO3)c2)cc1. The van der Waals surface area contributed by atoms with Gasteiger partial charge in [-0.05, 0) is 43.0 Å². The predicted molar refractivity (Wildman–Crippen MR) is 132 cm³/mol. The smallest absolute Gasteiger partial charge is 0.261 e. The van der Waals surface area contributed by atoms with Gasteiger partial charge in [-0.25, -0.2) is 13.4 Å². The summed E-state index contributed by atoms with van der Waals surface area (Å²) in [6.07, 6.45) is 5.28. The third kappa shape index (κ3) is 6.05. The number of rotatable bonds is 9. The van der Waals surface area contributed by atoms with Crippen LogP contribution in [0.2, 0.25) is 0 Å². The monoisotopic (exact) mass is 487 g/mol. The van der Waals surface area contributed by atoms with Crippen LogP contribution in [0.5, 0.6) is 0 Å². The Morgan fingerprint density at radius 3 is 2.68 bits per heavy atom. The van der Waals surface area contributed by atoms with E-state index in [-0.39, 0.29) is 22.6 Å². The molecule has 1 atom stereocenters. The lowest BCUT2D eigenvalue weighted by Crippen LogP contribution is -2.45. The van der Waals surface area contributed by atoms with E-state index < -0.39 is 10.0 Å². The Morgan fingerprint density at radius 2 is 2.00 bits per heavy atom. The number of carbonyl (C=O) groups is 1. The number of carbonyl (C=O) groups excluding carboxylic acids is 1. The number of pyridine rings is 1. The van der Waals surface area contributed by atoms with Crippen molar-refractivity contribution in [1.29, 1.82) is 0 Å². The standard InChI is InChI=1S/C24H33N5O4S/c1-2-4-18-6-8-21(9-7-18)34(31,32)28-19-15-22(24(30)27-17-20-5-3-14-33-20)23(26-16-19)29-12-10-25-11-13-29/h6-9,15-16,20,25,28H,2-5,10-14,17H2,1H3,(H,27,30)/t20-/m1/s1. The first-order chi connectivity index (χ1) is 16.5. The zero-order valence-electron chi connectivity index (χ0n) is 19.5. The molecule has 1 aromatic carbocycles. The maximum atomic E-state index is 13.1. The van der Waals surface area contributed by atoms with Gasteiger partial charge in [-0.3, -0.25) is 9.52 Å². The molecule has 10 heteroatoms. The van der Waals surface area contributed by atoms with Crippen molar-refractivity contribution in [2.75, 3.05) is 49.0 Å². The molecular weight excluding hydrogens is 454 g/mol. The molecule has 2 aromatic rings. The number of nitrogens with zero attached hydrogens (tertiary/aromatic N) is 2. The van der Waals surface area contributed by atoms with Crippen LogP contribution >= 0.6 is 0 Å². The van der Waals surface area contributed by atoms with Gasteiger partial charge >= 0.3 is 0 Å². The van der Waals surface area contributed by atoms with Crippen molar-refractivity contribution in [2.45, 2.75) is 43.6 Å². The molecule has 3 heterocycles. The third-order valence-electron chi connectivity index (χ3n) is 6.07. The second-order valence-corrected chi connectivity index (χ2v) is 10.4. The highest BCUT2D eigenvalue weighted by atomic mass is 32.2. The van der Waals surface area contributed by atoms with E-state index in [9.17, 15) is 13.2 Å². The minimum absolute atomic E-state index is 0.0110. The molecular formula is C24H33N5O4S. The molecule has 34 heavy (non-hydrogen) atoms. The van der Waals surface area contributed by atoms with Crippen molar-refractivity contribution in [3.8, 4) is 0 Å². The Bertz CT molecular complexity index is 1080. The Balaban J connectivity index is 1.55. The summed E-state index contributed by atoms with van der Waals surface area (Å²) in [5.74, 6) is 0.264. The van der Waals surface area contributed by atoms with Crippen LogP contribution in [0.15, 0.2) is 41.4 Å². The van der Waals surface area contributed by atoms with Gasteiger partial charge in [0.1, 0.15) is 5.82 Å². The van der Waals surface area contributed by atoms with Gasteiger partial charge in [0.2, 0.25) is 0 Å². The second kappa shape index (κ2) is 11.2. The second-order valence-electron chi connectivity index (χ2n) is 8.68. The summed E-state index contributed by atoms with van der Waals surface area (Å²) >= 11 is 0. The van der Waals surface area contributed by atoms with Crippen LogP contribution in [0.4, 0.5) is 11.5 Å². The molecule has 0 unspecified atom stereocenters. The van der Waals surface area contributed by atoms with E-state index in [2.05, 4.69) is 27.3 Å². The molecule has 9 nitrogen and oxygen atoms in total. The Kier molecular flexibility index (Phi) is 8.02. The number of nitrogens with one attached hydrogen (secondary N) is 3. The van der Waals surface area contributed by atoms with Gasteiger partial charge in [-0.15, -0.1) is 0 Å². The minimum Gasteiger partial charge on any atom is -0.376 e. The highest BCUT2D eigenvalue weighted by Crippen LogP contribution is 2.24. The van der Waals surface area contributed by atoms with Crippen molar-refractivity contribution in [3.05, 3.63) is 47.7 Å². The highest BCUT2D eigenvalue weighted by molar-refractivity contribution is 7.92. The molecule has 2 aliphatic heterocycles. The molecule has 0 aliphatic carbocycles. The third-order valence-corrected chi connectivity index (χ3v) is 7.46. The van der Waals surface area contributed by atoms with Gasteiger partial charge < -0.3 is 20.3 Å². The van der Waals surface area contributed by atoms with Crippen LogP contribution in [-0.2, 0) is 21.2 Å². The van der Waals surface area contributed by atoms with E-state index in [1.54, 1.807) is 18.2 Å². The lowest BCUT2D eigenvalue weighted by Gasteiger charge is -2.30. The highest BCUT2D eigenvalue weighted by Gasteiger charge is 2.24. The fourth-order valence-corrected chi connectivity index (χ4v) is 5.29. The largest absolute Gasteiger partial charge is 0.376 e. The van der Waals surface area contributed by atoms with Gasteiger partial charge in [0, 0.05) is 39.3 Å². The van der Waals surface area contributed by atoms with E-state index in [0.717, 1.165) is 44.3 Å². The van der Waals surface area contributed by atoms with Crippen molar-refractivity contribution in [2.24, 2.45) is 0 Å². The lowest BCUT2D eigenvalue weighted by atomic mass is 10.1. The van der Waals surface area contributed by atoms with Gasteiger partial charge in [0.05, 0.1) is 28.4 Å². The van der Waals surface area contributed by atoms with Crippen LogP contribution in [0.1, 0.15) is 42.1 Å². The summed E-state index contributed by atoms with van der Waals surface area (Å²) < 4.78 is 34.1. The summed E-state index contributed by atoms with van der Waals surface area (Å²) in [7, 11) is -3.82. The van der Waals surface area contributed by atoms with Crippen molar-refractivity contribution in [3.63, 3.8) is 0 Å². The number of aryl methyl sites for hydroxylation is 1. The maximum Gasteiger partial charge on any atom is 0.261 e. The first-order valence-corrected chi connectivity index (χ1v) is 13.4. The number of piperazine rings is 1. The molecule has 4 rings (SSSR count). The molecule has 3 N–H and O–H groups in total. The number of amides is 1. The van der Waals surface area contributed by atoms with Crippen LogP contribution < -0.4 is 20.3 Å². The zero-order valence-corrected chi connectivity index (χ0v) is 20.4. The van der Waals surface area contributed by atoms with Gasteiger partial charge in [-0.2, -0.15) is 0 Å². The topological polar surface area (TPSA) is 113 Å². The average Bonchev–Trinajstić information content (AvgIpc) is 3.37. The van der Waals surface area contributed by atoms with Gasteiger partial charge in [0.25, 0.3) is 15.9 Å². The lowest BCUT2D eigenvalue weighted by molar-refractivity contribution is 0.0858. The summed E-state index contributed by atoms with van der Waals surface area (Å²) in [5, 5.41) is 6.23. The summed E-state index contributed by atoms with van der Waals surface area (Å²) in [6, 6.07) is 8.43. The molecule has 0 bridgehead atoms. The van der Waals surface area contributed by atoms with Crippen LogP contribution in [0.3, 0.4) is 0 Å². The van der Waals surface area contributed by atoms with E-state index in [4.69, 9.17) is 4.74 Å². The molecule has 0 saturated carbocycles. The van der Waals surface area contributed by atoms with Crippen LogP contribution in [-0.4, -0.2) is 64.7 Å². The Labute approximate surface area is 201 Å². The number of benzene rings is 1. The fraction of sp³-hybridized carbons (Fsp3) is 0.500. The average molecular weight is 488 g/mol. The molecule has 0 spiro atoms. The number of hydrogen-bond acceptors (Lipinski definition) is 7. The summed E-state index contributed by atoms with van der Waals surface area (Å²) in [5.41, 5.74) is 1.69. The van der Waals surface area contributed by atoms with Crippen molar-refractivity contribution >= 4 is 27.4 Å². The fourth-order valence-electron chi connectivity index (χ4n) is 4.25. The maximum absolute atomic E-state index is 13.1. The molecule has 1 aromatic heterocycles. The normalized spacial score (nSPS) is 18.6. The number of anilines is 2. The van der Waals surface area contributed by atoms with Crippen molar-refractivity contribution in [1.82, 2.24) is 15.6 Å². The van der Waals surface area contributed by atoms with Crippen molar-refractivity contribution < 1.29 is 17.9 Å². The number of hydrogen-bond donors (Lipinski definition) is 3. The molecule has 184 valence electrons. The molecule has 0 radical (unpaired) electrons.